The van der Waals surface area contributed by atoms with Crippen LogP contribution in [0.5, 0.6) is 0 Å². The van der Waals surface area contributed by atoms with Gasteiger partial charge in [-0.15, -0.1) is 0 Å². The predicted octanol–water partition coefficient (Wildman–Crippen LogP) is 3.42. The molecule has 22 heavy (non-hydrogen) atoms. The van der Waals surface area contributed by atoms with E-state index in [0.717, 1.165) is 38.6 Å². The number of nitrogens with two attached hydrogens (primary N) is 1. The number of nitrogens with zero attached hydrogens (tertiary/aromatic N) is 1. The summed E-state index contributed by atoms with van der Waals surface area (Å²) in [6.45, 7) is 3.67. The zero-order valence-corrected chi connectivity index (χ0v) is 13.6. The molecule has 120 valence electrons. The van der Waals surface area contributed by atoms with Crippen molar-refractivity contribution in [1.82, 2.24) is 4.90 Å². The fourth-order valence-electron chi connectivity index (χ4n) is 4.19. The zero-order valence-electron chi connectivity index (χ0n) is 13.6. The third-order valence-electron chi connectivity index (χ3n) is 5.53. The van der Waals surface area contributed by atoms with Gasteiger partial charge >= 0.3 is 0 Å². The van der Waals surface area contributed by atoms with Crippen molar-refractivity contribution in [3.8, 4) is 0 Å². The maximum absolute atomic E-state index is 13.1. The number of aryl methyl sites for hydroxylation is 1. The van der Waals surface area contributed by atoms with Crippen LogP contribution in [0.25, 0.3) is 0 Å². The van der Waals surface area contributed by atoms with Crippen molar-refractivity contribution in [1.29, 1.82) is 0 Å². The van der Waals surface area contributed by atoms with Gasteiger partial charge in [-0.1, -0.05) is 36.2 Å². The van der Waals surface area contributed by atoms with E-state index >= 15 is 0 Å². The Morgan fingerprint density at radius 2 is 1.91 bits per heavy atom. The van der Waals surface area contributed by atoms with Gasteiger partial charge in [-0.25, -0.2) is 0 Å². The van der Waals surface area contributed by atoms with Gasteiger partial charge in [0.15, 0.2) is 0 Å². The molecule has 3 rings (SSSR count). The summed E-state index contributed by atoms with van der Waals surface area (Å²) < 4.78 is 0. The molecule has 1 unspecified atom stereocenters. The Morgan fingerprint density at radius 3 is 2.64 bits per heavy atom. The van der Waals surface area contributed by atoms with Crippen LogP contribution in [0.2, 0.25) is 0 Å². The number of amides is 1. The van der Waals surface area contributed by atoms with Crippen molar-refractivity contribution in [2.75, 3.05) is 13.1 Å². The minimum Gasteiger partial charge on any atom is -0.335 e. The summed E-state index contributed by atoms with van der Waals surface area (Å²) in [5, 5.41) is 0. The highest BCUT2D eigenvalue weighted by Crippen LogP contribution is 2.37. The first-order valence-electron chi connectivity index (χ1n) is 8.78. The second-order valence-electron chi connectivity index (χ2n) is 6.99. The Kier molecular flexibility index (Phi) is 4.82. The van der Waals surface area contributed by atoms with Crippen molar-refractivity contribution in [2.45, 2.75) is 51.5 Å². The van der Waals surface area contributed by atoms with Crippen molar-refractivity contribution >= 4 is 5.91 Å². The molecular weight excluding hydrogens is 272 g/mol. The first-order chi connectivity index (χ1) is 10.7. The number of hydrogen-bond acceptors (Lipinski definition) is 2. The van der Waals surface area contributed by atoms with E-state index < -0.39 is 0 Å². The van der Waals surface area contributed by atoms with Gasteiger partial charge in [0.25, 0.3) is 0 Å². The normalized spacial score (nSPS) is 28.8. The van der Waals surface area contributed by atoms with Gasteiger partial charge in [0, 0.05) is 12.5 Å². The molecule has 1 amide bonds. The second-order valence-corrected chi connectivity index (χ2v) is 6.99. The minimum absolute atomic E-state index is 0.163. The first kappa shape index (κ1) is 15.5. The monoisotopic (exact) mass is 300 g/mol. The zero-order chi connectivity index (χ0) is 15.5. The Bertz CT molecular complexity index is 511. The van der Waals surface area contributed by atoms with E-state index in [1.807, 2.05) is 0 Å². The minimum atomic E-state index is 0.163. The van der Waals surface area contributed by atoms with Crippen LogP contribution in [0, 0.1) is 18.8 Å². The van der Waals surface area contributed by atoms with Gasteiger partial charge in [0.1, 0.15) is 0 Å². The lowest BCUT2D eigenvalue weighted by molar-refractivity contribution is -0.140. The topological polar surface area (TPSA) is 46.3 Å². The van der Waals surface area contributed by atoms with Crippen LogP contribution in [-0.4, -0.2) is 23.9 Å². The molecular formula is C19H28N2O. The number of hydrogen-bond donors (Lipinski definition) is 1. The van der Waals surface area contributed by atoms with Gasteiger partial charge in [-0.05, 0) is 57.1 Å². The van der Waals surface area contributed by atoms with Crippen LogP contribution in [0.1, 0.15) is 55.7 Å². The van der Waals surface area contributed by atoms with E-state index in [1.165, 1.54) is 17.5 Å². The Balaban J connectivity index is 1.80. The lowest BCUT2D eigenvalue weighted by atomic mass is 9.90. The quantitative estimate of drug-likeness (QED) is 0.929. The second kappa shape index (κ2) is 6.82. The molecule has 0 bridgehead atoms. The number of carbonyl (C=O) groups is 1. The Morgan fingerprint density at radius 1 is 1.14 bits per heavy atom. The number of rotatable bonds is 3. The average Bonchev–Trinajstić information content (AvgIpc) is 3.03. The van der Waals surface area contributed by atoms with E-state index in [0.29, 0.717) is 18.4 Å². The summed E-state index contributed by atoms with van der Waals surface area (Å²) in [6, 6.07) is 8.97. The Hall–Kier alpha value is -1.35. The predicted molar refractivity (Wildman–Crippen MR) is 89.4 cm³/mol. The largest absolute Gasteiger partial charge is 0.335 e. The summed E-state index contributed by atoms with van der Waals surface area (Å²) in [5.41, 5.74) is 8.45. The van der Waals surface area contributed by atoms with Crippen LogP contribution in [-0.2, 0) is 4.79 Å². The maximum Gasteiger partial charge on any atom is 0.226 e. The van der Waals surface area contributed by atoms with Crippen LogP contribution >= 0.6 is 0 Å². The molecule has 1 saturated heterocycles. The molecule has 0 radical (unpaired) electrons. The van der Waals surface area contributed by atoms with Crippen LogP contribution in [0.15, 0.2) is 24.3 Å². The molecule has 3 heteroatoms. The lowest BCUT2D eigenvalue weighted by Crippen LogP contribution is -2.43. The molecule has 0 spiro atoms. The smallest absolute Gasteiger partial charge is 0.226 e. The maximum atomic E-state index is 13.1. The number of likely N-dealkylation sites (tertiary alicyclic amines) is 1. The van der Waals surface area contributed by atoms with Crippen LogP contribution in [0.4, 0.5) is 0 Å². The fraction of sp³-hybridized carbons (Fsp3) is 0.632. The molecule has 1 aromatic rings. The molecule has 2 fully saturated rings. The van der Waals surface area contributed by atoms with Gasteiger partial charge in [0.2, 0.25) is 5.91 Å². The molecule has 2 N–H and O–H groups in total. The summed E-state index contributed by atoms with van der Waals surface area (Å²) in [4.78, 5) is 15.3. The van der Waals surface area contributed by atoms with Crippen molar-refractivity contribution in [2.24, 2.45) is 17.6 Å². The van der Waals surface area contributed by atoms with Crippen molar-refractivity contribution < 1.29 is 4.79 Å². The van der Waals surface area contributed by atoms with Crippen LogP contribution < -0.4 is 5.73 Å². The summed E-state index contributed by atoms with van der Waals surface area (Å²) >= 11 is 0. The van der Waals surface area contributed by atoms with E-state index in [9.17, 15) is 4.79 Å². The highest BCUT2D eigenvalue weighted by atomic mass is 16.2. The summed E-state index contributed by atoms with van der Waals surface area (Å²) in [7, 11) is 0. The fourth-order valence-corrected chi connectivity index (χ4v) is 4.19. The van der Waals surface area contributed by atoms with E-state index in [2.05, 4.69) is 36.1 Å². The van der Waals surface area contributed by atoms with Gasteiger partial charge < -0.3 is 10.6 Å². The van der Waals surface area contributed by atoms with Gasteiger partial charge in [-0.2, -0.15) is 0 Å². The molecule has 2 aliphatic rings. The van der Waals surface area contributed by atoms with E-state index in [4.69, 9.17) is 5.73 Å². The third kappa shape index (κ3) is 3.05. The molecule has 1 aliphatic carbocycles. The number of carbonyl (C=O) groups excluding carboxylic acids is 1. The number of piperidine rings is 1. The van der Waals surface area contributed by atoms with Crippen LogP contribution in [0.3, 0.4) is 0 Å². The molecule has 1 aromatic carbocycles. The Labute approximate surface area is 133 Å². The third-order valence-corrected chi connectivity index (χ3v) is 5.53. The first-order valence-corrected chi connectivity index (χ1v) is 8.78. The standard InChI is InChI=1S/C19H28N2O/c1-14-8-10-15(11-9-14)18-7-2-3-12-21(18)19(22)17-6-4-5-16(17)13-20/h8-11,16-18H,2-7,12-13,20H2,1H3/t16-,17-,18?/m1/s1. The number of benzene rings is 1. The van der Waals surface area contributed by atoms with Crippen molar-refractivity contribution in [3.05, 3.63) is 35.4 Å². The van der Waals surface area contributed by atoms with E-state index in [1.54, 1.807) is 0 Å². The van der Waals surface area contributed by atoms with Gasteiger partial charge in [0.05, 0.1) is 6.04 Å². The highest BCUT2D eigenvalue weighted by Gasteiger charge is 2.38. The average molecular weight is 300 g/mol. The van der Waals surface area contributed by atoms with Gasteiger partial charge in [-0.3, -0.25) is 4.79 Å². The molecule has 1 aliphatic heterocycles. The molecule has 3 nitrogen and oxygen atoms in total. The SMILES string of the molecule is Cc1ccc(C2CCCCN2C(=O)[C@@H]2CCC[C@@H]2CN)cc1. The van der Waals surface area contributed by atoms with E-state index in [-0.39, 0.29) is 12.0 Å². The molecule has 1 saturated carbocycles. The molecule has 1 heterocycles. The summed E-state index contributed by atoms with van der Waals surface area (Å²) in [6.07, 6.45) is 6.74. The lowest BCUT2D eigenvalue weighted by Gasteiger charge is -2.38. The molecule has 0 aromatic heterocycles. The van der Waals surface area contributed by atoms with Crippen molar-refractivity contribution in [3.63, 3.8) is 0 Å². The highest BCUT2D eigenvalue weighted by molar-refractivity contribution is 5.80. The molecule has 3 atom stereocenters. The summed E-state index contributed by atoms with van der Waals surface area (Å²) in [5.74, 6) is 0.919.